The summed E-state index contributed by atoms with van der Waals surface area (Å²) in [6.45, 7) is -0.383. The third-order valence-corrected chi connectivity index (χ3v) is 5.82. The highest BCUT2D eigenvalue weighted by Crippen LogP contribution is 2.40. The molecule has 2 aliphatic rings. The van der Waals surface area contributed by atoms with Gasteiger partial charge in [-0.1, -0.05) is 17.3 Å². The number of carbonyl (C=O) groups excluding carboxylic acids is 3. The van der Waals surface area contributed by atoms with E-state index in [4.69, 9.17) is 5.73 Å². The van der Waals surface area contributed by atoms with E-state index in [1.54, 1.807) is 0 Å². The van der Waals surface area contributed by atoms with Gasteiger partial charge in [0.2, 0.25) is 0 Å². The lowest BCUT2D eigenvalue weighted by atomic mass is 10.0. The van der Waals surface area contributed by atoms with Crippen LogP contribution in [0.4, 0.5) is 4.79 Å². The molecule has 2 unspecified atom stereocenters. The summed E-state index contributed by atoms with van der Waals surface area (Å²) in [6, 6.07) is 2.84. The van der Waals surface area contributed by atoms with Crippen molar-refractivity contribution in [2.45, 2.75) is 17.5 Å². The van der Waals surface area contributed by atoms with E-state index in [0.717, 1.165) is 16.7 Å². The normalized spacial score (nSPS) is 21.2. The van der Waals surface area contributed by atoms with E-state index in [1.807, 2.05) is 0 Å². The Morgan fingerprint density at radius 3 is 2.73 bits per heavy atom. The van der Waals surface area contributed by atoms with Crippen LogP contribution in [-0.4, -0.2) is 62.8 Å². The molecule has 3 amide bonds. The minimum absolute atomic E-state index is 0.123. The average Bonchev–Trinajstić information content (AvgIpc) is 2.70. The number of benzene rings is 1. The van der Waals surface area contributed by atoms with Gasteiger partial charge in [0.25, 0.3) is 11.8 Å². The maximum Gasteiger partial charge on any atom is 0.404 e. The van der Waals surface area contributed by atoms with Gasteiger partial charge in [0.1, 0.15) is 29.5 Å². The van der Waals surface area contributed by atoms with Crippen molar-refractivity contribution in [3.05, 3.63) is 46.0 Å². The van der Waals surface area contributed by atoms with Gasteiger partial charge in [0.05, 0.1) is 0 Å². The summed E-state index contributed by atoms with van der Waals surface area (Å²) in [4.78, 5) is 59.7. The number of aromatic hydroxyl groups is 1. The molecule has 1 fully saturated rings. The Bertz CT molecular complexity index is 965. The molecule has 13 heteroatoms. The van der Waals surface area contributed by atoms with Gasteiger partial charge >= 0.3 is 12.1 Å². The second-order valence-electron chi connectivity index (χ2n) is 6.36. The van der Waals surface area contributed by atoms with E-state index >= 15 is 0 Å². The van der Waals surface area contributed by atoms with Gasteiger partial charge in [-0.25, -0.2) is 9.59 Å². The van der Waals surface area contributed by atoms with Crippen molar-refractivity contribution < 1.29 is 34.1 Å². The van der Waals surface area contributed by atoms with Gasteiger partial charge in [-0.15, -0.1) is 16.7 Å². The molecule has 0 radical (unpaired) electrons. The lowest BCUT2D eigenvalue weighted by Crippen LogP contribution is -2.70. The number of amides is 3. The number of nitroso groups, excluding NO2 is 1. The van der Waals surface area contributed by atoms with Crippen LogP contribution in [0, 0.1) is 4.91 Å². The number of ether oxygens (including phenoxy) is 1. The molecule has 158 valence electrons. The lowest BCUT2D eigenvalue weighted by Gasteiger charge is -2.49. The quantitative estimate of drug-likeness (QED) is 0.337. The summed E-state index contributed by atoms with van der Waals surface area (Å²) in [5.74, 6) is -3.00. The molecule has 12 nitrogen and oxygen atoms in total. The maximum absolute atomic E-state index is 12.6. The number of phenols is 1. The van der Waals surface area contributed by atoms with Crippen molar-refractivity contribution in [2.24, 2.45) is 10.9 Å². The molecule has 0 saturated carbocycles. The van der Waals surface area contributed by atoms with Gasteiger partial charge in [-0.3, -0.25) is 14.5 Å². The number of hydrogen-bond donors (Lipinski definition) is 4. The van der Waals surface area contributed by atoms with Gasteiger partial charge in [-0.05, 0) is 17.7 Å². The standard InChI is InChI=1S/C17H16N4O8S/c18-17(27)29-5-8-6-30-15-11(14(24)21(15)12(8)16(25)26)19-13(23)10(20-28)7-2-1-3-9(22)4-7/h1-4,10-11,15,22H,5-6H2,(H2,18,27)(H,19,23)(H,25,26)/t10?,11?,15-/m0/s1. The summed E-state index contributed by atoms with van der Waals surface area (Å²) in [5, 5.41) is 23.5. The first-order valence-corrected chi connectivity index (χ1v) is 9.53. The Kier molecular flexibility index (Phi) is 5.91. The first kappa shape index (κ1) is 21.1. The molecule has 1 saturated heterocycles. The number of phenolic OH excluding ortho intramolecular Hbond substituents is 1. The Labute approximate surface area is 173 Å². The van der Waals surface area contributed by atoms with E-state index in [1.165, 1.54) is 24.3 Å². The number of aliphatic carboxylic acids is 1. The number of primary amides is 1. The number of carboxylic acid groups (broad SMARTS) is 1. The fourth-order valence-electron chi connectivity index (χ4n) is 3.14. The number of β-lactam (4-membered cyclic amide) rings is 1. The Morgan fingerprint density at radius 1 is 1.40 bits per heavy atom. The van der Waals surface area contributed by atoms with Crippen molar-refractivity contribution in [3.63, 3.8) is 0 Å². The van der Waals surface area contributed by atoms with Crippen LogP contribution in [0.25, 0.3) is 0 Å². The number of thioether (sulfide) groups is 1. The highest BCUT2D eigenvalue weighted by molar-refractivity contribution is 8.00. The largest absolute Gasteiger partial charge is 0.508 e. The van der Waals surface area contributed by atoms with Crippen LogP contribution in [0.2, 0.25) is 0 Å². The second-order valence-corrected chi connectivity index (χ2v) is 7.47. The minimum Gasteiger partial charge on any atom is -0.508 e. The van der Waals surface area contributed by atoms with E-state index < -0.39 is 41.3 Å². The molecule has 1 aromatic carbocycles. The molecule has 2 aliphatic heterocycles. The maximum atomic E-state index is 12.6. The Morgan fingerprint density at radius 2 is 2.13 bits per heavy atom. The number of fused-ring (bicyclic) bond motifs is 1. The summed E-state index contributed by atoms with van der Waals surface area (Å²) in [7, 11) is 0. The third-order valence-electron chi connectivity index (χ3n) is 4.48. The second kappa shape index (κ2) is 8.41. The van der Waals surface area contributed by atoms with Crippen LogP contribution in [0.1, 0.15) is 11.6 Å². The van der Waals surface area contributed by atoms with Gasteiger partial charge < -0.3 is 26.0 Å². The molecule has 5 N–H and O–H groups in total. The van der Waals surface area contributed by atoms with E-state index in [9.17, 15) is 34.3 Å². The van der Waals surface area contributed by atoms with Crippen LogP contribution < -0.4 is 11.1 Å². The minimum atomic E-state index is -1.50. The predicted molar refractivity (Wildman–Crippen MR) is 102 cm³/mol. The fourth-order valence-corrected chi connectivity index (χ4v) is 4.47. The molecule has 30 heavy (non-hydrogen) atoms. The Hall–Kier alpha value is -3.61. The van der Waals surface area contributed by atoms with Crippen LogP contribution in [0.15, 0.2) is 40.7 Å². The number of carbonyl (C=O) groups is 4. The van der Waals surface area contributed by atoms with Crippen molar-refractivity contribution >= 4 is 35.6 Å². The number of hydrogen-bond acceptors (Lipinski definition) is 9. The van der Waals surface area contributed by atoms with Gasteiger partial charge in [0, 0.05) is 11.3 Å². The molecule has 1 aromatic rings. The molecule has 0 bridgehead atoms. The molecule has 3 atom stereocenters. The average molecular weight is 436 g/mol. The number of carboxylic acids is 1. The lowest BCUT2D eigenvalue weighted by molar-refractivity contribution is -0.151. The zero-order valence-corrected chi connectivity index (χ0v) is 16.0. The molecule has 0 aromatic heterocycles. The molecular weight excluding hydrogens is 420 g/mol. The summed E-state index contributed by atoms with van der Waals surface area (Å²) >= 11 is 1.15. The van der Waals surface area contributed by atoms with Crippen LogP contribution in [0.5, 0.6) is 5.75 Å². The van der Waals surface area contributed by atoms with E-state index in [-0.39, 0.29) is 34.9 Å². The summed E-state index contributed by atoms with van der Waals surface area (Å²) < 4.78 is 4.63. The smallest absolute Gasteiger partial charge is 0.404 e. The Balaban J connectivity index is 1.76. The number of nitrogens with two attached hydrogens (primary N) is 1. The van der Waals surface area contributed by atoms with Crippen molar-refractivity contribution in [3.8, 4) is 5.75 Å². The third kappa shape index (κ3) is 3.91. The predicted octanol–water partition coefficient (Wildman–Crippen LogP) is 0.0336. The van der Waals surface area contributed by atoms with Crippen LogP contribution >= 0.6 is 11.8 Å². The SMILES string of the molecule is NC(=O)OCC1=C(C(=O)O)N2C(=O)C(NC(=O)C(N=O)c3cccc(O)c3)[C@@H]2SC1. The highest BCUT2D eigenvalue weighted by atomic mass is 32.2. The van der Waals surface area contributed by atoms with Crippen LogP contribution in [-0.2, 0) is 19.1 Å². The van der Waals surface area contributed by atoms with Gasteiger partial charge in [-0.2, -0.15) is 0 Å². The number of nitrogens with zero attached hydrogens (tertiary/aromatic N) is 2. The molecule has 0 aliphatic carbocycles. The first-order valence-electron chi connectivity index (χ1n) is 8.48. The van der Waals surface area contributed by atoms with Gasteiger partial charge in [0.15, 0.2) is 6.04 Å². The monoisotopic (exact) mass is 436 g/mol. The van der Waals surface area contributed by atoms with Crippen LogP contribution in [0.3, 0.4) is 0 Å². The number of rotatable bonds is 7. The van der Waals surface area contributed by atoms with E-state index in [2.05, 4.69) is 15.2 Å². The van der Waals surface area contributed by atoms with Crippen molar-refractivity contribution in [2.75, 3.05) is 12.4 Å². The zero-order valence-electron chi connectivity index (χ0n) is 15.2. The first-order chi connectivity index (χ1) is 14.2. The zero-order chi connectivity index (χ0) is 22.0. The summed E-state index contributed by atoms with van der Waals surface area (Å²) in [5.41, 5.74) is 4.88. The van der Waals surface area contributed by atoms with Crippen molar-refractivity contribution in [1.29, 1.82) is 0 Å². The molecular formula is C17H16N4O8S. The molecule has 0 spiro atoms. The topological polar surface area (TPSA) is 189 Å². The van der Waals surface area contributed by atoms with E-state index in [0.29, 0.717) is 0 Å². The molecule has 3 rings (SSSR count). The number of nitrogens with one attached hydrogen (secondary N) is 1. The fraction of sp³-hybridized carbons (Fsp3) is 0.294. The van der Waals surface area contributed by atoms with Crippen molar-refractivity contribution in [1.82, 2.24) is 10.2 Å². The highest BCUT2D eigenvalue weighted by Gasteiger charge is 2.54. The summed E-state index contributed by atoms with van der Waals surface area (Å²) in [6.07, 6.45) is -1.08. The molecule has 2 heterocycles.